The van der Waals surface area contributed by atoms with Crippen molar-refractivity contribution in [3.05, 3.63) is 47.1 Å². The molecule has 3 rings (SSSR count). The Balaban J connectivity index is 2.10. The Kier molecular flexibility index (Phi) is 4.75. The second kappa shape index (κ2) is 6.37. The monoisotopic (exact) mass is 371 g/mol. The van der Waals surface area contributed by atoms with Gasteiger partial charge in [-0.05, 0) is 62.3 Å². The van der Waals surface area contributed by atoms with Gasteiger partial charge in [-0.15, -0.1) is 0 Å². The van der Waals surface area contributed by atoms with Crippen LogP contribution in [0.3, 0.4) is 0 Å². The minimum Gasteiger partial charge on any atom is -0.399 e. The van der Waals surface area contributed by atoms with Crippen molar-refractivity contribution >= 4 is 24.2 Å². The maximum Gasteiger partial charge on any atom is 0.494 e. The summed E-state index contributed by atoms with van der Waals surface area (Å²) in [4.78, 5) is 4.49. The minimum atomic E-state index is -0.403. The van der Waals surface area contributed by atoms with Crippen molar-refractivity contribution in [2.24, 2.45) is 0 Å². The summed E-state index contributed by atoms with van der Waals surface area (Å²) in [5.41, 5.74) is 3.33. The number of benzene rings is 1. The highest BCUT2D eigenvalue weighted by molar-refractivity contribution is 6.62. The predicted molar refractivity (Wildman–Crippen MR) is 109 cm³/mol. The average molecular weight is 372 g/mol. The quantitative estimate of drug-likeness (QED) is 0.696. The zero-order valence-electron chi connectivity index (χ0n) is 16.7. The van der Waals surface area contributed by atoms with E-state index < -0.39 is 7.12 Å². The van der Waals surface area contributed by atoms with E-state index in [1.54, 1.807) is 12.3 Å². The van der Waals surface area contributed by atoms with E-state index in [9.17, 15) is 0 Å². The number of pyridine rings is 1. The largest absolute Gasteiger partial charge is 0.494 e. The first kappa shape index (κ1) is 19.4. The van der Waals surface area contributed by atoms with Gasteiger partial charge in [0, 0.05) is 16.8 Å². The highest BCUT2D eigenvalue weighted by atomic mass is 35.5. The minimum absolute atomic E-state index is 0.00697. The van der Waals surface area contributed by atoms with Crippen LogP contribution in [0.4, 0.5) is 0 Å². The fraction of sp³-hybridized carbons (Fsp3) is 0.476. The molecule has 3 nitrogen and oxygen atoms in total. The lowest BCUT2D eigenvalue weighted by atomic mass is 9.74. The summed E-state index contributed by atoms with van der Waals surface area (Å²) in [6.45, 7) is 14.9. The Hall–Kier alpha value is -1.36. The molecule has 0 bridgehead atoms. The first-order chi connectivity index (χ1) is 11.9. The highest BCUT2D eigenvalue weighted by Gasteiger charge is 2.51. The fourth-order valence-corrected chi connectivity index (χ4v) is 3.07. The Morgan fingerprint density at radius 3 is 2.12 bits per heavy atom. The molecule has 0 amide bonds. The summed E-state index contributed by atoms with van der Waals surface area (Å²) in [7, 11) is -0.403. The zero-order chi connectivity index (χ0) is 19.3. The van der Waals surface area contributed by atoms with E-state index >= 15 is 0 Å². The van der Waals surface area contributed by atoms with E-state index in [1.165, 1.54) is 5.56 Å². The normalized spacial score (nSPS) is 19.0. The van der Waals surface area contributed by atoms with Crippen LogP contribution in [-0.2, 0) is 14.7 Å². The van der Waals surface area contributed by atoms with Crippen molar-refractivity contribution in [3.63, 3.8) is 0 Å². The maximum atomic E-state index is 6.26. The van der Waals surface area contributed by atoms with Gasteiger partial charge in [-0.25, -0.2) is 0 Å². The predicted octanol–water partition coefficient (Wildman–Crippen LogP) is 5.00. The molecule has 1 aliphatic rings. The van der Waals surface area contributed by atoms with Crippen LogP contribution < -0.4 is 5.46 Å². The van der Waals surface area contributed by atoms with Crippen LogP contribution in [0.25, 0.3) is 11.3 Å². The molecule has 0 spiro atoms. The number of rotatable bonds is 2. The molecule has 2 heterocycles. The van der Waals surface area contributed by atoms with Crippen LogP contribution in [0, 0.1) is 0 Å². The maximum absolute atomic E-state index is 6.26. The van der Waals surface area contributed by atoms with E-state index in [4.69, 9.17) is 20.9 Å². The van der Waals surface area contributed by atoms with Crippen LogP contribution in [0.2, 0.25) is 5.02 Å². The molecule has 1 fully saturated rings. The average Bonchev–Trinajstić information content (AvgIpc) is 2.74. The number of aromatic nitrogens is 1. The third-order valence-electron chi connectivity index (χ3n) is 5.36. The first-order valence-electron chi connectivity index (χ1n) is 9.02. The van der Waals surface area contributed by atoms with Crippen molar-refractivity contribution in [1.82, 2.24) is 4.98 Å². The van der Waals surface area contributed by atoms with Crippen molar-refractivity contribution in [2.45, 2.75) is 65.1 Å². The molecular formula is C21H27BClNO2. The van der Waals surface area contributed by atoms with Gasteiger partial charge in [-0.3, -0.25) is 4.98 Å². The summed E-state index contributed by atoms with van der Waals surface area (Å²) < 4.78 is 12.5. The van der Waals surface area contributed by atoms with Gasteiger partial charge in [0.05, 0.1) is 16.9 Å². The molecule has 1 aromatic heterocycles. The lowest BCUT2D eigenvalue weighted by Gasteiger charge is -2.32. The Morgan fingerprint density at radius 1 is 0.962 bits per heavy atom. The second-order valence-electron chi connectivity index (χ2n) is 9.04. The molecule has 0 saturated carbocycles. The molecule has 0 unspecified atom stereocenters. The van der Waals surface area contributed by atoms with E-state index in [0.29, 0.717) is 5.02 Å². The van der Waals surface area contributed by atoms with Gasteiger partial charge >= 0.3 is 7.12 Å². The van der Waals surface area contributed by atoms with Gasteiger partial charge in [0.15, 0.2) is 0 Å². The first-order valence-corrected chi connectivity index (χ1v) is 9.40. The van der Waals surface area contributed by atoms with Gasteiger partial charge in [0.25, 0.3) is 0 Å². The van der Waals surface area contributed by atoms with E-state index in [0.717, 1.165) is 16.7 Å². The molecule has 138 valence electrons. The van der Waals surface area contributed by atoms with Crippen LogP contribution in [-0.4, -0.2) is 23.3 Å². The highest BCUT2D eigenvalue weighted by Crippen LogP contribution is 2.37. The van der Waals surface area contributed by atoms with Gasteiger partial charge in [-0.2, -0.15) is 0 Å². The molecule has 1 saturated heterocycles. The molecule has 1 aromatic carbocycles. The van der Waals surface area contributed by atoms with Gasteiger partial charge in [0.1, 0.15) is 0 Å². The van der Waals surface area contributed by atoms with Crippen LogP contribution >= 0.6 is 11.6 Å². The third kappa shape index (κ3) is 3.69. The van der Waals surface area contributed by atoms with E-state index in [-0.39, 0.29) is 16.6 Å². The third-order valence-corrected chi connectivity index (χ3v) is 5.60. The SMILES string of the molecule is CC(C)(C)c1cc(B2OC(C)(C)C(C)(C)O2)cc(-c2cc(Cl)ccn2)c1. The molecule has 5 heteroatoms. The summed E-state index contributed by atoms with van der Waals surface area (Å²) in [5.74, 6) is 0. The summed E-state index contributed by atoms with van der Waals surface area (Å²) in [5, 5.41) is 0.674. The van der Waals surface area contributed by atoms with Crippen LogP contribution in [0.5, 0.6) is 0 Å². The van der Waals surface area contributed by atoms with E-state index in [1.807, 2.05) is 6.07 Å². The van der Waals surface area contributed by atoms with Crippen molar-refractivity contribution in [3.8, 4) is 11.3 Å². The number of hydrogen-bond donors (Lipinski definition) is 0. The lowest BCUT2D eigenvalue weighted by molar-refractivity contribution is 0.00578. The molecule has 0 radical (unpaired) electrons. The molecule has 0 atom stereocenters. The molecule has 0 N–H and O–H groups in total. The summed E-state index contributed by atoms with van der Waals surface area (Å²) >= 11 is 6.18. The number of nitrogens with zero attached hydrogens (tertiary/aromatic N) is 1. The molecule has 26 heavy (non-hydrogen) atoms. The van der Waals surface area contributed by atoms with E-state index in [2.05, 4.69) is 71.6 Å². The Bertz CT molecular complexity index is 811. The van der Waals surface area contributed by atoms with Crippen molar-refractivity contribution < 1.29 is 9.31 Å². The Labute approximate surface area is 162 Å². The second-order valence-corrected chi connectivity index (χ2v) is 9.48. The molecule has 1 aliphatic heterocycles. The fourth-order valence-electron chi connectivity index (χ4n) is 2.91. The van der Waals surface area contributed by atoms with Crippen molar-refractivity contribution in [2.75, 3.05) is 0 Å². The van der Waals surface area contributed by atoms with Crippen molar-refractivity contribution in [1.29, 1.82) is 0 Å². The summed E-state index contributed by atoms with van der Waals surface area (Å²) in [6, 6.07) is 10.1. The number of hydrogen-bond acceptors (Lipinski definition) is 3. The lowest BCUT2D eigenvalue weighted by Crippen LogP contribution is -2.41. The van der Waals surface area contributed by atoms with Crippen LogP contribution in [0.15, 0.2) is 36.5 Å². The molecule has 2 aromatic rings. The van der Waals surface area contributed by atoms with Gasteiger partial charge < -0.3 is 9.31 Å². The zero-order valence-corrected chi connectivity index (χ0v) is 17.4. The Morgan fingerprint density at radius 2 is 1.58 bits per heavy atom. The van der Waals surface area contributed by atoms with Crippen LogP contribution in [0.1, 0.15) is 54.0 Å². The standard InChI is InChI=1S/C21H27BClNO2/c1-19(2,3)15-10-14(18-13-17(23)8-9-24-18)11-16(12-15)22-25-20(4,5)21(6,7)26-22/h8-13H,1-7H3. The topological polar surface area (TPSA) is 31.4 Å². The molecular weight excluding hydrogens is 345 g/mol. The summed E-state index contributed by atoms with van der Waals surface area (Å²) in [6.07, 6.45) is 1.73. The molecule has 0 aliphatic carbocycles. The van der Waals surface area contributed by atoms with Gasteiger partial charge in [-0.1, -0.05) is 44.5 Å². The smallest absolute Gasteiger partial charge is 0.399 e. The number of halogens is 1. The van der Waals surface area contributed by atoms with Gasteiger partial charge in [0.2, 0.25) is 0 Å².